The maximum absolute atomic E-state index is 11.0. The quantitative estimate of drug-likeness (QED) is 0.0603. The summed E-state index contributed by atoms with van der Waals surface area (Å²) in [6.45, 7) is 2.83. The third-order valence-corrected chi connectivity index (χ3v) is 12.5. The summed E-state index contributed by atoms with van der Waals surface area (Å²) in [6.07, 6.45) is 2.98. The van der Waals surface area contributed by atoms with Gasteiger partial charge < -0.3 is 0 Å². The Labute approximate surface area is 254 Å². The number of nitro benzene ring substituents is 1. The van der Waals surface area contributed by atoms with Gasteiger partial charge in [-0.15, -0.1) is 0 Å². The van der Waals surface area contributed by atoms with Crippen LogP contribution in [0.2, 0.25) is 14.8 Å². The van der Waals surface area contributed by atoms with E-state index in [2.05, 4.69) is 91.3 Å². The predicted octanol–water partition coefficient (Wildman–Crippen LogP) is 6.87. The summed E-state index contributed by atoms with van der Waals surface area (Å²) in [4.78, 5) is 17.5. The zero-order chi connectivity index (χ0) is 29.7. The Kier molecular flexibility index (Phi) is 9.36. The van der Waals surface area contributed by atoms with Gasteiger partial charge in [0.05, 0.1) is 4.92 Å². The van der Waals surface area contributed by atoms with Gasteiger partial charge in [-0.3, -0.25) is 10.1 Å². The van der Waals surface area contributed by atoms with Gasteiger partial charge in [-0.25, -0.2) is 0 Å². The van der Waals surface area contributed by atoms with Gasteiger partial charge in [-0.2, -0.15) is 0 Å². The molecule has 0 aliphatic carbocycles. The van der Waals surface area contributed by atoms with E-state index in [0.29, 0.717) is 12.3 Å². The van der Waals surface area contributed by atoms with Crippen molar-refractivity contribution < 1.29 is 4.92 Å². The average molecular weight is 689 g/mol. The summed E-state index contributed by atoms with van der Waals surface area (Å²) in [7, 11) is 0. The molecule has 0 bridgehead atoms. The van der Waals surface area contributed by atoms with Crippen molar-refractivity contribution in [2.75, 3.05) is 0 Å². The van der Waals surface area contributed by atoms with E-state index < -0.39 is 18.7 Å². The van der Waals surface area contributed by atoms with Crippen LogP contribution < -0.4 is 0 Å². The molecule has 0 radical (unpaired) electrons. The number of hydrogen-bond acceptors (Lipinski definition) is 8. The first-order valence-corrected chi connectivity index (χ1v) is 24.8. The fraction of sp³-hybridized carbons (Fsp3) is 0.300. The number of aryl methyl sites for hydroxylation is 1. The Bertz CT molecular complexity index is 1660. The summed E-state index contributed by atoms with van der Waals surface area (Å²) in [5.74, 6) is 2.45. The van der Waals surface area contributed by atoms with Crippen molar-refractivity contribution in [3.8, 4) is 22.5 Å². The first kappa shape index (κ1) is 29.9. The van der Waals surface area contributed by atoms with Crippen LogP contribution in [-0.2, 0) is 18.7 Å². The monoisotopic (exact) mass is 690 g/mol. The molecule has 0 saturated heterocycles. The van der Waals surface area contributed by atoms with E-state index in [9.17, 15) is 10.1 Å². The molecule has 0 fully saturated rings. The van der Waals surface area contributed by atoms with Gasteiger partial charge in [0.25, 0.3) is 5.69 Å². The van der Waals surface area contributed by atoms with E-state index in [4.69, 9.17) is 0 Å². The molecule has 5 rings (SSSR count). The molecule has 0 amide bonds. The van der Waals surface area contributed by atoms with Crippen molar-refractivity contribution in [1.82, 2.24) is 33.2 Å². The number of nitro groups is 1. The van der Waals surface area contributed by atoms with Gasteiger partial charge in [0.15, 0.2) is 0 Å². The fourth-order valence-corrected chi connectivity index (χ4v) is 8.75. The Hall–Kier alpha value is -3.58. The van der Waals surface area contributed by atoms with Gasteiger partial charge in [-0.05, 0) is 12.0 Å². The van der Waals surface area contributed by atoms with Crippen molar-refractivity contribution >= 4 is 36.1 Å². The molecule has 2 heterocycles. The number of tetrazole rings is 1. The van der Waals surface area contributed by atoms with Gasteiger partial charge in [0, 0.05) is 17.9 Å². The predicted molar refractivity (Wildman–Crippen MR) is 168 cm³/mol. The van der Waals surface area contributed by atoms with E-state index in [1.807, 2.05) is 12.1 Å². The molecule has 0 unspecified atom stereocenters. The van der Waals surface area contributed by atoms with Crippen LogP contribution in [0.1, 0.15) is 36.7 Å². The fourth-order valence-electron chi connectivity index (χ4n) is 4.68. The number of rotatable bonds is 12. The molecule has 12 heteroatoms. The first-order chi connectivity index (χ1) is 20.2. The third kappa shape index (κ3) is 6.89. The number of thioether (sulfide) groups is 1. The second-order valence-electron chi connectivity index (χ2n) is 11.1. The van der Waals surface area contributed by atoms with E-state index in [1.165, 1.54) is 0 Å². The number of aromatic nitrogens is 7. The summed E-state index contributed by atoms with van der Waals surface area (Å²) < 4.78 is 4.26. The molecule has 0 spiro atoms. The van der Waals surface area contributed by atoms with Gasteiger partial charge in [-0.1, -0.05) is 25.5 Å². The van der Waals surface area contributed by atoms with E-state index in [-0.39, 0.29) is 10.6 Å². The van der Waals surface area contributed by atoms with Crippen LogP contribution in [0.25, 0.3) is 22.5 Å². The van der Waals surface area contributed by atoms with Crippen LogP contribution >= 0.6 is 11.8 Å². The van der Waals surface area contributed by atoms with Crippen LogP contribution in [-0.4, -0.2) is 56.8 Å². The second-order valence-corrected chi connectivity index (χ2v) is 25.7. The summed E-state index contributed by atoms with van der Waals surface area (Å²) in [6, 6.07) is 23.6. The van der Waals surface area contributed by atoms with Crippen LogP contribution in [0.3, 0.4) is 0 Å². The van der Waals surface area contributed by atoms with Crippen molar-refractivity contribution in [3.05, 3.63) is 99.9 Å². The second kappa shape index (κ2) is 13.2. The molecule has 0 atom stereocenters. The molecule has 2 aromatic heterocycles. The minimum absolute atomic E-state index is 0.0930. The molecule has 10 nitrogen and oxygen atoms in total. The van der Waals surface area contributed by atoms with Crippen molar-refractivity contribution in [2.24, 2.45) is 0 Å². The number of benzene rings is 3. The van der Waals surface area contributed by atoms with E-state index >= 15 is 0 Å². The normalized spacial score (nSPS) is 11.6. The van der Waals surface area contributed by atoms with Crippen molar-refractivity contribution in [1.29, 1.82) is 0 Å². The van der Waals surface area contributed by atoms with E-state index in [1.54, 1.807) is 36.0 Å². The number of nitrogens with zero attached hydrogens (tertiary/aromatic N) is 8. The number of unbranched alkanes of at least 4 members (excludes halogenated alkanes) is 1. The van der Waals surface area contributed by atoms with Crippen LogP contribution in [0.4, 0.5) is 5.69 Å². The SMILES string of the molecule is CCCCc1nnc(SCc2ccc([N+](=O)[O-])cc2)n1Cc1ccc(-c2ccccc2-c2nnn[n]2[Sn]([CH3])([CH3])[CH3])cc1. The number of hydrogen-bond donors (Lipinski definition) is 0. The Morgan fingerprint density at radius 1 is 0.881 bits per heavy atom. The number of non-ortho nitro benzene ring substituents is 1. The van der Waals surface area contributed by atoms with Crippen molar-refractivity contribution in [3.63, 3.8) is 0 Å². The molecule has 0 aliphatic heterocycles. The van der Waals surface area contributed by atoms with Crippen LogP contribution in [0.5, 0.6) is 0 Å². The van der Waals surface area contributed by atoms with E-state index in [0.717, 1.165) is 63.9 Å². The minimum atomic E-state index is -2.59. The maximum atomic E-state index is 11.0. The van der Waals surface area contributed by atoms with Crippen LogP contribution in [0, 0.1) is 10.1 Å². The topological polar surface area (TPSA) is 117 Å². The molecule has 0 aliphatic rings. The van der Waals surface area contributed by atoms with Gasteiger partial charge in [0.1, 0.15) is 0 Å². The summed E-state index contributed by atoms with van der Waals surface area (Å²) in [5.41, 5.74) is 5.49. The van der Waals surface area contributed by atoms with Crippen molar-refractivity contribution in [2.45, 2.75) is 58.5 Å². The molecule has 3 aromatic carbocycles. The zero-order valence-corrected chi connectivity index (χ0v) is 27.9. The molecule has 0 N–H and O–H groups in total. The average Bonchev–Trinajstić information content (AvgIpc) is 3.63. The van der Waals surface area contributed by atoms with Gasteiger partial charge >= 0.3 is 179 Å². The van der Waals surface area contributed by atoms with Crippen LogP contribution in [0.15, 0.2) is 78.0 Å². The Balaban J connectivity index is 1.38. The first-order valence-electron chi connectivity index (χ1n) is 14.0. The molecule has 5 aromatic rings. The zero-order valence-electron chi connectivity index (χ0n) is 24.3. The standard InChI is InChI=1S/C27H25N8O2S.3CH3.Sn/c1-2-3-8-25-28-31-27(38-18-20-11-15-22(16-12-20)35(36)37)34(25)17-19-9-13-21(14-10-19)23-6-4-5-7-24(23)26-29-32-33-30-26;;;;/h4-7,9-16H,2-3,8,17-18H2,1H3;3*1H3;/q-1;;;;+1. The molecular weight excluding hydrogens is 655 g/mol. The summed E-state index contributed by atoms with van der Waals surface area (Å²) >= 11 is -0.994. The molecule has 0 saturated carbocycles. The van der Waals surface area contributed by atoms with Gasteiger partial charge in [0.2, 0.25) is 0 Å². The Morgan fingerprint density at radius 2 is 1.57 bits per heavy atom. The molecular formula is C30H34N8O2SSn. The summed E-state index contributed by atoms with van der Waals surface area (Å²) in [5, 5.41) is 33.6. The molecule has 42 heavy (non-hydrogen) atoms. The Morgan fingerprint density at radius 3 is 2.24 bits per heavy atom. The third-order valence-electron chi connectivity index (χ3n) is 6.94. The molecule has 216 valence electrons.